The summed E-state index contributed by atoms with van der Waals surface area (Å²) in [6, 6.07) is 6.05. The number of hydrogen-bond donors (Lipinski definition) is 1. The number of benzene rings is 1. The minimum absolute atomic E-state index is 0.100. The van der Waals surface area contributed by atoms with Crippen LogP contribution in [0.25, 0.3) is 0 Å². The van der Waals surface area contributed by atoms with Crippen molar-refractivity contribution >= 4 is 23.4 Å². The Kier molecular flexibility index (Phi) is 4.01. The quantitative estimate of drug-likeness (QED) is 0.720. The summed E-state index contributed by atoms with van der Waals surface area (Å²) in [5.74, 6) is 0.100. The van der Waals surface area contributed by atoms with E-state index in [0.717, 1.165) is 11.3 Å². The highest BCUT2D eigenvalue weighted by atomic mass is 32.2. The smallest absolute Gasteiger partial charge is 0.228 e. The lowest BCUT2D eigenvalue weighted by molar-refractivity contribution is -0.115. The van der Waals surface area contributed by atoms with Crippen molar-refractivity contribution in [3.05, 3.63) is 23.8 Å². The van der Waals surface area contributed by atoms with Crippen LogP contribution < -0.4 is 5.32 Å². The molecule has 2 rings (SSSR count). The van der Waals surface area contributed by atoms with E-state index in [-0.39, 0.29) is 5.91 Å². The summed E-state index contributed by atoms with van der Waals surface area (Å²) in [6.45, 7) is 4.00. The monoisotopic (exact) mass is 209 g/mol. The van der Waals surface area contributed by atoms with Gasteiger partial charge in [-0.25, -0.2) is 0 Å². The van der Waals surface area contributed by atoms with Gasteiger partial charge in [-0.1, -0.05) is 13.8 Å². The van der Waals surface area contributed by atoms with Crippen molar-refractivity contribution < 1.29 is 4.79 Å². The van der Waals surface area contributed by atoms with Gasteiger partial charge in [0.1, 0.15) is 0 Å². The molecule has 0 radical (unpaired) electrons. The maximum atomic E-state index is 11.0. The zero-order chi connectivity index (χ0) is 10.6. The maximum Gasteiger partial charge on any atom is 0.228 e. The average Bonchev–Trinajstić information content (AvgIpc) is 2.59. The Hall–Kier alpha value is -0.960. The van der Waals surface area contributed by atoms with Crippen LogP contribution in [0, 0.1) is 0 Å². The molecule has 0 bridgehead atoms. The highest BCUT2D eigenvalue weighted by Crippen LogP contribution is 2.27. The zero-order valence-corrected chi connectivity index (χ0v) is 9.57. The lowest BCUT2D eigenvalue weighted by Crippen LogP contribution is -2.03. The van der Waals surface area contributed by atoms with E-state index in [0.29, 0.717) is 6.42 Å². The highest BCUT2D eigenvalue weighted by Gasteiger charge is 2.16. The maximum absolute atomic E-state index is 11.0. The summed E-state index contributed by atoms with van der Waals surface area (Å²) in [5, 5.41) is 2.80. The van der Waals surface area contributed by atoms with E-state index < -0.39 is 0 Å². The third-order valence-electron chi connectivity index (χ3n) is 1.94. The van der Waals surface area contributed by atoms with Crippen LogP contribution in [0.15, 0.2) is 23.1 Å². The van der Waals surface area contributed by atoms with Crippen molar-refractivity contribution in [2.45, 2.75) is 25.2 Å². The minimum Gasteiger partial charge on any atom is -0.326 e. The first-order valence-electron chi connectivity index (χ1n) is 4.76. The predicted octanol–water partition coefficient (Wildman–Crippen LogP) is 2.93. The van der Waals surface area contributed by atoms with Crippen molar-refractivity contribution in [3.63, 3.8) is 0 Å². The zero-order valence-electron chi connectivity index (χ0n) is 8.76. The molecule has 1 amide bonds. The fourth-order valence-electron chi connectivity index (χ4n) is 1.33. The summed E-state index contributed by atoms with van der Waals surface area (Å²) in [7, 11) is 0. The van der Waals surface area contributed by atoms with Crippen LogP contribution in [0.3, 0.4) is 0 Å². The van der Waals surface area contributed by atoms with E-state index in [1.807, 2.05) is 32.2 Å². The fraction of sp³-hybridized carbons (Fsp3) is 0.364. The van der Waals surface area contributed by atoms with Crippen LogP contribution in [0.4, 0.5) is 5.69 Å². The summed E-state index contributed by atoms with van der Waals surface area (Å²) in [6.07, 6.45) is 2.57. The van der Waals surface area contributed by atoms with Gasteiger partial charge < -0.3 is 5.32 Å². The Bertz CT molecular complexity index is 336. The molecular weight excluding hydrogens is 194 g/mol. The number of nitrogens with one attached hydrogen (secondary N) is 1. The van der Waals surface area contributed by atoms with Crippen molar-refractivity contribution in [1.29, 1.82) is 0 Å². The molecule has 0 saturated heterocycles. The lowest BCUT2D eigenvalue weighted by Gasteiger charge is -1.99. The Morgan fingerprint density at radius 3 is 2.71 bits per heavy atom. The first-order chi connectivity index (χ1) is 6.79. The molecule has 1 aromatic carbocycles. The van der Waals surface area contributed by atoms with Gasteiger partial charge in [0.15, 0.2) is 0 Å². The van der Waals surface area contributed by atoms with Gasteiger partial charge in [-0.2, -0.15) is 0 Å². The number of thioether (sulfide) groups is 1. The molecular formula is C11H15NOS. The number of anilines is 1. The average molecular weight is 209 g/mol. The second-order valence-corrected chi connectivity index (χ2v) is 3.63. The van der Waals surface area contributed by atoms with Gasteiger partial charge in [0.25, 0.3) is 0 Å². The molecule has 0 saturated carbocycles. The molecule has 3 heteroatoms. The Labute approximate surface area is 89.1 Å². The normalized spacial score (nSPS) is 12.6. The number of fused-ring (bicyclic) bond motifs is 1. The van der Waals surface area contributed by atoms with Crippen molar-refractivity contribution in [1.82, 2.24) is 0 Å². The standard InChI is InChI=1S/C9H9NOS.C2H6/c1-12-7-2-3-8-6(4-7)5-9(11)10-8;1-2/h2-4H,5H2,1H3,(H,10,11);1-2H3. The van der Waals surface area contributed by atoms with Crippen LogP contribution in [0.2, 0.25) is 0 Å². The summed E-state index contributed by atoms with van der Waals surface area (Å²) >= 11 is 1.70. The molecule has 0 fully saturated rings. The first-order valence-corrected chi connectivity index (χ1v) is 5.99. The molecule has 0 spiro atoms. The molecule has 14 heavy (non-hydrogen) atoms. The SMILES string of the molecule is CC.CSc1ccc2c(c1)CC(=O)N2. The number of hydrogen-bond acceptors (Lipinski definition) is 2. The molecule has 1 N–H and O–H groups in total. The first kappa shape index (κ1) is 11.1. The van der Waals surface area contributed by atoms with Gasteiger partial charge >= 0.3 is 0 Å². The van der Waals surface area contributed by atoms with Crippen molar-refractivity contribution in [2.75, 3.05) is 11.6 Å². The van der Waals surface area contributed by atoms with E-state index in [4.69, 9.17) is 0 Å². The van der Waals surface area contributed by atoms with Gasteiger partial charge in [-0.05, 0) is 30.0 Å². The molecule has 1 heterocycles. The molecule has 0 atom stereocenters. The summed E-state index contributed by atoms with van der Waals surface area (Å²) in [5.41, 5.74) is 2.09. The summed E-state index contributed by atoms with van der Waals surface area (Å²) in [4.78, 5) is 12.2. The summed E-state index contributed by atoms with van der Waals surface area (Å²) < 4.78 is 0. The second-order valence-electron chi connectivity index (χ2n) is 2.75. The third-order valence-corrected chi connectivity index (χ3v) is 2.66. The van der Waals surface area contributed by atoms with Gasteiger partial charge in [0.2, 0.25) is 5.91 Å². The van der Waals surface area contributed by atoms with Crippen molar-refractivity contribution in [2.24, 2.45) is 0 Å². The highest BCUT2D eigenvalue weighted by molar-refractivity contribution is 7.98. The lowest BCUT2D eigenvalue weighted by atomic mass is 10.2. The Balaban J connectivity index is 0.000000461. The van der Waals surface area contributed by atoms with E-state index in [1.54, 1.807) is 11.8 Å². The van der Waals surface area contributed by atoms with Crippen LogP contribution in [-0.2, 0) is 11.2 Å². The largest absolute Gasteiger partial charge is 0.326 e. The molecule has 1 aliphatic rings. The van der Waals surface area contributed by atoms with Crippen LogP contribution in [0.1, 0.15) is 19.4 Å². The molecule has 1 aliphatic heterocycles. The molecule has 76 valence electrons. The molecule has 0 aliphatic carbocycles. The molecule has 0 unspecified atom stereocenters. The number of carbonyl (C=O) groups excluding carboxylic acids is 1. The van der Waals surface area contributed by atoms with Crippen LogP contribution >= 0.6 is 11.8 Å². The van der Waals surface area contributed by atoms with Gasteiger partial charge in [0, 0.05) is 10.6 Å². The van der Waals surface area contributed by atoms with Gasteiger partial charge in [-0.15, -0.1) is 11.8 Å². The fourth-order valence-corrected chi connectivity index (χ4v) is 1.80. The topological polar surface area (TPSA) is 29.1 Å². The Morgan fingerprint density at radius 1 is 1.36 bits per heavy atom. The van der Waals surface area contributed by atoms with Crippen molar-refractivity contribution in [3.8, 4) is 0 Å². The molecule has 1 aromatic rings. The second kappa shape index (κ2) is 5.05. The Morgan fingerprint density at radius 2 is 2.07 bits per heavy atom. The van der Waals surface area contributed by atoms with Gasteiger partial charge in [0.05, 0.1) is 6.42 Å². The predicted molar refractivity (Wildman–Crippen MR) is 61.9 cm³/mol. The van der Waals surface area contributed by atoms with E-state index in [1.165, 1.54) is 4.90 Å². The van der Waals surface area contributed by atoms with Crippen LogP contribution in [0.5, 0.6) is 0 Å². The number of carbonyl (C=O) groups is 1. The number of amides is 1. The van der Waals surface area contributed by atoms with E-state index in [2.05, 4.69) is 11.4 Å². The number of rotatable bonds is 1. The van der Waals surface area contributed by atoms with Crippen LogP contribution in [-0.4, -0.2) is 12.2 Å². The van der Waals surface area contributed by atoms with Gasteiger partial charge in [-0.3, -0.25) is 4.79 Å². The van der Waals surface area contributed by atoms with E-state index in [9.17, 15) is 4.79 Å². The third kappa shape index (κ3) is 2.29. The molecule has 2 nitrogen and oxygen atoms in total. The van der Waals surface area contributed by atoms with E-state index >= 15 is 0 Å². The molecule has 0 aromatic heterocycles. The minimum atomic E-state index is 0.100.